The summed E-state index contributed by atoms with van der Waals surface area (Å²) < 4.78 is 0. The zero-order chi connectivity index (χ0) is 16.2. The smallest absolute Gasteiger partial charge is 0.227 e. The van der Waals surface area contributed by atoms with Crippen LogP contribution in [0.2, 0.25) is 5.02 Å². The van der Waals surface area contributed by atoms with E-state index in [2.05, 4.69) is 0 Å². The fourth-order valence-electron chi connectivity index (χ4n) is 3.23. The molecule has 0 bridgehead atoms. The summed E-state index contributed by atoms with van der Waals surface area (Å²) in [5, 5.41) is 0.656. The van der Waals surface area contributed by atoms with Gasteiger partial charge in [-0.2, -0.15) is 0 Å². The van der Waals surface area contributed by atoms with Gasteiger partial charge in [-0.25, -0.2) is 0 Å². The molecule has 3 rings (SSSR count). The molecule has 1 saturated heterocycles. The molecule has 2 fully saturated rings. The van der Waals surface area contributed by atoms with Gasteiger partial charge in [-0.1, -0.05) is 30.2 Å². The van der Waals surface area contributed by atoms with Gasteiger partial charge in [0, 0.05) is 37.1 Å². The van der Waals surface area contributed by atoms with Crippen LogP contribution in [0.4, 0.5) is 0 Å². The van der Waals surface area contributed by atoms with Gasteiger partial charge in [0.05, 0.1) is 6.42 Å². The Morgan fingerprint density at radius 1 is 1.04 bits per heavy atom. The third-order valence-corrected chi connectivity index (χ3v) is 5.09. The van der Waals surface area contributed by atoms with Gasteiger partial charge >= 0.3 is 0 Å². The van der Waals surface area contributed by atoms with Crippen molar-refractivity contribution < 1.29 is 9.59 Å². The molecule has 1 aromatic carbocycles. The van der Waals surface area contributed by atoms with Crippen LogP contribution in [0, 0.1) is 5.92 Å². The Labute approximate surface area is 142 Å². The molecule has 1 saturated carbocycles. The number of hydrogen-bond donors (Lipinski definition) is 0. The molecule has 0 atom stereocenters. The number of benzene rings is 1. The molecule has 0 spiro atoms. The number of hydrogen-bond acceptors (Lipinski definition) is 2. The average Bonchev–Trinajstić information content (AvgIpc) is 2.71. The molecule has 1 heterocycles. The summed E-state index contributed by atoms with van der Waals surface area (Å²) >= 11 is 5.97. The van der Waals surface area contributed by atoms with E-state index in [1.165, 1.54) is 6.42 Å². The molecular weight excluding hydrogens is 312 g/mol. The summed E-state index contributed by atoms with van der Waals surface area (Å²) in [5.74, 6) is 0.648. The first-order valence-electron chi connectivity index (χ1n) is 8.44. The van der Waals surface area contributed by atoms with Gasteiger partial charge in [0.15, 0.2) is 0 Å². The van der Waals surface area contributed by atoms with Gasteiger partial charge in [-0.3, -0.25) is 9.59 Å². The highest BCUT2D eigenvalue weighted by atomic mass is 35.5. The molecule has 1 aliphatic carbocycles. The number of carbonyl (C=O) groups is 2. The number of nitrogens with zero attached hydrogens (tertiary/aromatic N) is 2. The van der Waals surface area contributed by atoms with E-state index in [0.29, 0.717) is 30.4 Å². The predicted octanol–water partition coefficient (Wildman–Crippen LogP) is 2.74. The zero-order valence-corrected chi connectivity index (χ0v) is 14.1. The molecule has 1 aliphatic heterocycles. The van der Waals surface area contributed by atoms with E-state index >= 15 is 0 Å². The lowest BCUT2D eigenvalue weighted by molar-refractivity contribution is -0.138. The lowest BCUT2D eigenvalue weighted by atomic mass is 9.84. The van der Waals surface area contributed by atoms with Gasteiger partial charge in [0.1, 0.15) is 0 Å². The quantitative estimate of drug-likeness (QED) is 0.852. The number of amides is 2. The summed E-state index contributed by atoms with van der Waals surface area (Å²) in [6.07, 6.45) is 4.48. The zero-order valence-electron chi connectivity index (χ0n) is 13.3. The number of halogens is 1. The van der Waals surface area contributed by atoms with E-state index in [1.807, 2.05) is 34.1 Å². The minimum absolute atomic E-state index is 0.116. The molecule has 23 heavy (non-hydrogen) atoms. The SMILES string of the molecule is O=C(Cc1cccc(Cl)c1)N1CCCN(C(=O)C2CCC2)CC1. The second-order valence-electron chi connectivity index (χ2n) is 6.49. The maximum atomic E-state index is 12.5. The molecule has 0 unspecified atom stereocenters. The molecule has 4 nitrogen and oxygen atoms in total. The van der Waals surface area contributed by atoms with Gasteiger partial charge < -0.3 is 9.80 Å². The Bertz CT molecular complexity index is 586. The Morgan fingerprint density at radius 2 is 1.78 bits per heavy atom. The molecular formula is C18H23ClN2O2. The monoisotopic (exact) mass is 334 g/mol. The van der Waals surface area contributed by atoms with Crippen molar-refractivity contribution in [3.63, 3.8) is 0 Å². The first kappa shape index (κ1) is 16.3. The summed E-state index contributed by atoms with van der Waals surface area (Å²) in [6, 6.07) is 7.44. The van der Waals surface area contributed by atoms with E-state index in [0.717, 1.165) is 37.9 Å². The minimum atomic E-state index is 0.116. The highest BCUT2D eigenvalue weighted by Gasteiger charge is 2.30. The van der Waals surface area contributed by atoms with Crippen LogP contribution in [0.25, 0.3) is 0 Å². The third kappa shape index (κ3) is 4.05. The fourth-order valence-corrected chi connectivity index (χ4v) is 3.45. The second kappa shape index (κ2) is 7.35. The standard InChI is InChI=1S/C18H23ClN2O2/c19-16-7-1-4-14(12-16)13-17(22)20-8-3-9-21(11-10-20)18(23)15-5-2-6-15/h1,4,7,12,15H,2-3,5-6,8-11,13H2. The van der Waals surface area contributed by atoms with Crippen molar-refractivity contribution in [3.05, 3.63) is 34.9 Å². The van der Waals surface area contributed by atoms with Crippen molar-refractivity contribution in [3.8, 4) is 0 Å². The first-order chi connectivity index (χ1) is 11.1. The van der Waals surface area contributed by atoms with E-state index in [4.69, 9.17) is 11.6 Å². The minimum Gasteiger partial charge on any atom is -0.341 e. The van der Waals surface area contributed by atoms with Crippen molar-refractivity contribution in [2.24, 2.45) is 5.92 Å². The highest BCUT2D eigenvalue weighted by molar-refractivity contribution is 6.30. The Hall–Kier alpha value is -1.55. The number of rotatable bonds is 3. The van der Waals surface area contributed by atoms with Crippen LogP contribution in [-0.4, -0.2) is 47.8 Å². The van der Waals surface area contributed by atoms with Crippen molar-refractivity contribution in [2.45, 2.75) is 32.1 Å². The van der Waals surface area contributed by atoms with Crippen LogP contribution in [-0.2, 0) is 16.0 Å². The molecule has 0 aromatic heterocycles. The predicted molar refractivity (Wildman–Crippen MR) is 90.3 cm³/mol. The van der Waals surface area contributed by atoms with Crippen molar-refractivity contribution >= 4 is 23.4 Å². The molecule has 0 radical (unpaired) electrons. The van der Waals surface area contributed by atoms with Gasteiger partial charge in [-0.05, 0) is 37.0 Å². The van der Waals surface area contributed by atoms with Crippen LogP contribution >= 0.6 is 11.6 Å². The summed E-state index contributed by atoms with van der Waals surface area (Å²) in [5.41, 5.74) is 0.939. The van der Waals surface area contributed by atoms with Crippen molar-refractivity contribution in [2.75, 3.05) is 26.2 Å². The van der Waals surface area contributed by atoms with E-state index in [-0.39, 0.29) is 11.8 Å². The molecule has 5 heteroatoms. The van der Waals surface area contributed by atoms with Crippen LogP contribution in [0.5, 0.6) is 0 Å². The van der Waals surface area contributed by atoms with E-state index in [9.17, 15) is 9.59 Å². The van der Waals surface area contributed by atoms with Crippen molar-refractivity contribution in [1.29, 1.82) is 0 Å². The van der Waals surface area contributed by atoms with Crippen LogP contribution < -0.4 is 0 Å². The fraction of sp³-hybridized carbons (Fsp3) is 0.556. The van der Waals surface area contributed by atoms with Gasteiger partial charge in [0.2, 0.25) is 11.8 Å². The van der Waals surface area contributed by atoms with E-state index < -0.39 is 0 Å². The van der Waals surface area contributed by atoms with Crippen LogP contribution in [0.15, 0.2) is 24.3 Å². The lowest BCUT2D eigenvalue weighted by Gasteiger charge is -2.31. The summed E-state index contributed by atoms with van der Waals surface area (Å²) in [6.45, 7) is 2.80. The maximum absolute atomic E-state index is 12.5. The topological polar surface area (TPSA) is 40.6 Å². The van der Waals surface area contributed by atoms with E-state index in [1.54, 1.807) is 0 Å². The Balaban J connectivity index is 1.54. The summed E-state index contributed by atoms with van der Waals surface area (Å²) in [7, 11) is 0. The second-order valence-corrected chi connectivity index (χ2v) is 6.93. The lowest BCUT2D eigenvalue weighted by Crippen LogP contribution is -2.41. The molecule has 2 aliphatic rings. The molecule has 0 N–H and O–H groups in total. The molecule has 2 amide bonds. The average molecular weight is 335 g/mol. The van der Waals surface area contributed by atoms with Crippen molar-refractivity contribution in [1.82, 2.24) is 9.80 Å². The largest absolute Gasteiger partial charge is 0.341 e. The molecule has 124 valence electrons. The molecule has 1 aromatic rings. The Morgan fingerprint density at radius 3 is 2.48 bits per heavy atom. The maximum Gasteiger partial charge on any atom is 0.227 e. The highest BCUT2D eigenvalue weighted by Crippen LogP contribution is 2.28. The van der Waals surface area contributed by atoms with Crippen LogP contribution in [0.3, 0.4) is 0 Å². The summed E-state index contributed by atoms with van der Waals surface area (Å²) in [4.78, 5) is 28.7. The first-order valence-corrected chi connectivity index (χ1v) is 8.82. The third-order valence-electron chi connectivity index (χ3n) is 4.86. The van der Waals surface area contributed by atoms with Gasteiger partial charge in [-0.15, -0.1) is 0 Å². The van der Waals surface area contributed by atoms with Crippen LogP contribution in [0.1, 0.15) is 31.2 Å². The number of carbonyl (C=O) groups excluding carboxylic acids is 2. The Kier molecular flexibility index (Phi) is 5.21. The normalized spacial score (nSPS) is 19.2. The van der Waals surface area contributed by atoms with Gasteiger partial charge in [0.25, 0.3) is 0 Å².